The number of aliphatic hydroxyl groups excluding tert-OH is 1. The fourth-order valence-electron chi connectivity index (χ4n) is 3.72. The summed E-state index contributed by atoms with van der Waals surface area (Å²) in [7, 11) is 0. The summed E-state index contributed by atoms with van der Waals surface area (Å²) in [6, 6.07) is 25.0. The van der Waals surface area contributed by atoms with Crippen LogP contribution in [0.25, 0.3) is 0 Å². The minimum Gasteiger partial charge on any atom is -0.479 e. The second-order valence-electron chi connectivity index (χ2n) is 8.02. The van der Waals surface area contributed by atoms with E-state index < -0.39 is 48.6 Å². The molecule has 1 saturated heterocycles. The van der Waals surface area contributed by atoms with E-state index in [4.69, 9.17) is 18.9 Å². The Balaban J connectivity index is 1.64. The molecule has 0 aliphatic carbocycles. The molecule has 186 valence electrons. The minimum absolute atomic E-state index is 0.0341. The second-order valence-corrected chi connectivity index (χ2v) is 8.02. The van der Waals surface area contributed by atoms with Crippen LogP contribution in [0, 0.1) is 0 Å². The van der Waals surface area contributed by atoms with Gasteiger partial charge in [0, 0.05) is 0 Å². The van der Waals surface area contributed by atoms with Gasteiger partial charge in [-0.25, -0.2) is 14.4 Å². The van der Waals surface area contributed by atoms with Gasteiger partial charge in [0.05, 0.1) is 17.7 Å². The molecule has 0 radical (unpaired) electrons. The molecule has 0 spiro atoms. The highest BCUT2D eigenvalue weighted by Crippen LogP contribution is 2.29. The Bertz CT molecular complexity index is 1170. The van der Waals surface area contributed by atoms with Gasteiger partial charge in [-0.05, 0) is 29.8 Å². The third kappa shape index (κ3) is 5.95. The molecule has 1 aliphatic heterocycles. The summed E-state index contributed by atoms with van der Waals surface area (Å²) < 4.78 is 22.4. The first-order valence-corrected chi connectivity index (χ1v) is 11.2. The van der Waals surface area contributed by atoms with Crippen molar-refractivity contribution in [1.29, 1.82) is 0 Å². The van der Waals surface area contributed by atoms with E-state index in [1.165, 1.54) is 24.3 Å². The quantitative estimate of drug-likeness (QED) is 0.456. The molecule has 2 N–H and O–H groups in total. The van der Waals surface area contributed by atoms with Crippen molar-refractivity contribution in [2.45, 2.75) is 37.3 Å². The predicted octanol–water partition coefficient (Wildman–Crippen LogP) is 2.82. The number of esters is 2. The van der Waals surface area contributed by atoms with Crippen molar-refractivity contribution in [3.63, 3.8) is 0 Å². The Morgan fingerprint density at radius 1 is 0.722 bits per heavy atom. The highest BCUT2D eigenvalue weighted by molar-refractivity contribution is 5.90. The average Bonchev–Trinajstić information content (AvgIpc) is 2.91. The van der Waals surface area contributed by atoms with Crippen LogP contribution in [0.15, 0.2) is 91.0 Å². The highest BCUT2D eigenvalue weighted by atomic mass is 16.7. The van der Waals surface area contributed by atoms with Crippen molar-refractivity contribution in [2.24, 2.45) is 0 Å². The zero-order chi connectivity index (χ0) is 25.5. The van der Waals surface area contributed by atoms with E-state index in [1.54, 1.807) is 60.7 Å². The lowest BCUT2D eigenvalue weighted by atomic mass is 9.98. The summed E-state index contributed by atoms with van der Waals surface area (Å²) in [6.07, 6.45) is -8.06. The molecule has 9 nitrogen and oxygen atoms in total. The number of hydrogen-bond donors (Lipinski definition) is 2. The predicted molar refractivity (Wildman–Crippen MR) is 125 cm³/mol. The third-order valence-corrected chi connectivity index (χ3v) is 5.53. The van der Waals surface area contributed by atoms with E-state index in [0.29, 0.717) is 0 Å². The fourth-order valence-corrected chi connectivity index (χ4v) is 3.72. The number of carbonyl (C=O) groups is 3. The average molecular weight is 492 g/mol. The molecule has 1 heterocycles. The maximum Gasteiger partial charge on any atom is 0.340 e. The first kappa shape index (κ1) is 25.1. The number of ether oxygens (including phenoxy) is 4. The number of carboxylic acid groups (broad SMARTS) is 1. The van der Waals surface area contributed by atoms with E-state index >= 15 is 0 Å². The number of benzene rings is 3. The molecular weight excluding hydrogens is 468 g/mol. The molecule has 0 amide bonds. The molecule has 3 aromatic carbocycles. The zero-order valence-electron chi connectivity index (χ0n) is 19.0. The van der Waals surface area contributed by atoms with Crippen LogP contribution in [0.3, 0.4) is 0 Å². The minimum atomic E-state index is -1.80. The van der Waals surface area contributed by atoms with Gasteiger partial charge >= 0.3 is 17.9 Å². The first-order valence-electron chi connectivity index (χ1n) is 11.2. The number of aliphatic carboxylic acids is 1. The van der Waals surface area contributed by atoms with E-state index in [2.05, 4.69) is 0 Å². The van der Waals surface area contributed by atoms with E-state index in [9.17, 15) is 24.6 Å². The van der Waals surface area contributed by atoms with Crippen molar-refractivity contribution < 1.29 is 43.5 Å². The fraction of sp³-hybridized carbons (Fsp3) is 0.222. The lowest BCUT2D eigenvalue weighted by Crippen LogP contribution is -2.62. The molecule has 0 unspecified atom stereocenters. The molecule has 1 aliphatic rings. The van der Waals surface area contributed by atoms with Gasteiger partial charge in [-0.3, -0.25) is 0 Å². The molecule has 4 rings (SSSR count). The monoisotopic (exact) mass is 492 g/mol. The summed E-state index contributed by atoms with van der Waals surface area (Å²) in [5.41, 5.74) is 1.10. The van der Waals surface area contributed by atoms with E-state index in [0.717, 1.165) is 5.56 Å². The van der Waals surface area contributed by atoms with E-state index in [1.807, 2.05) is 6.07 Å². The van der Waals surface area contributed by atoms with Gasteiger partial charge in [-0.1, -0.05) is 66.7 Å². The molecule has 3 aromatic rings. The van der Waals surface area contributed by atoms with Crippen LogP contribution < -0.4 is 0 Å². The largest absolute Gasteiger partial charge is 0.479 e. The molecule has 1 fully saturated rings. The van der Waals surface area contributed by atoms with Crippen molar-refractivity contribution >= 4 is 17.9 Å². The summed E-state index contributed by atoms with van der Waals surface area (Å²) >= 11 is 0. The Hall–Kier alpha value is -4.05. The highest BCUT2D eigenvalue weighted by Gasteiger charge is 2.52. The van der Waals surface area contributed by atoms with Gasteiger partial charge in [0.25, 0.3) is 0 Å². The summed E-state index contributed by atoms with van der Waals surface area (Å²) in [6.45, 7) is -0.0341. The smallest absolute Gasteiger partial charge is 0.340 e. The van der Waals surface area contributed by atoms with Gasteiger partial charge in [0.15, 0.2) is 12.2 Å². The molecular formula is C27H24O9. The van der Waals surface area contributed by atoms with Crippen LogP contribution in [0.5, 0.6) is 0 Å². The van der Waals surface area contributed by atoms with Crippen LogP contribution >= 0.6 is 0 Å². The van der Waals surface area contributed by atoms with Crippen LogP contribution in [-0.4, -0.2) is 58.8 Å². The maximum atomic E-state index is 12.9. The molecule has 0 bridgehead atoms. The molecule has 0 saturated carbocycles. The van der Waals surface area contributed by atoms with Crippen LogP contribution in [-0.2, 0) is 30.3 Å². The summed E-state index contributed by atoms with van der Waals surface area (Å²) in [5, 5.41) is 20.5. The van der Waals surface area contributed by atoms with Crippen molar-refractivity contribution in [1.82, 2.24) is 0 Å². The van der Waals surface area contributed by atoms with Crippen molar-refractivity contribution in [2.75, 3.05) is 0 Å². The Kier molecular flexibility index (Phi) is 8.06. The topological polar surface area (TPSA) is 129 Å². The van der Waals surface area contributed by atoms with E-state index in [-0.39, 0.29) is 17.7 Å². The van der Waals surface area contributed by atoms with Crippen molar-refractivity contribution in [3.8, 4) is 0 Å². The molecule has 36 heavy (non-hydrogen) atoms. The summed E-state index contributed by atoms with van der Waals surface area (Å²) in [5.74, 6) is -3.12. The number of rotatable bonds is 8. The van der Waals surface area contributed by atoms with Gasteiger partial charge in [-0.2, -0.15) is 0 Å². The summed E-state index contributed by atoms with van der Waals surface area (Å²) in [4.78, 5) is 37.5. The zero-order valence-corrected chi connectivity index (χ0v) is 19.0. The first-order chi connectivity index (χ1) is 17.4. The standard InChI is InChI=1S/C27H24O9/c28-20-21(33-16-17-10-4-1-5-11-17)23(34-25(31)18-12-6-2-7-13-18)27(35-22(20)24(29)30)36-26(32)19-14-8-3-9-15-19/h1-15,20-23,27-28H,16H2,(H,29,30)/t20-,21-,22+,23+,27+/m0/s1. The van der Waals surface area contributed by atoms with Gasteiger partial charge < -0.3 is 29.2 Å². The number of carbonyl (C=O) groups excluding carboxylic acids is 2. The third-order valence-electron chi connectivity index (χ3n) is 5.53. The molecule has 9 heteroatoms. The Morgan fingerprint density at radius 3 is 1.75 bits per heavy atom. The lowest BCUT2D eigenvalue weighted by Gasteiger charge is -2.41. The number of carboxylic acids is 1. The van der Waals surface area contributed by atoms with Crippen LogP contribution in [0.4, 0.5) is 0 Å². The van der Waals surface area contributed by atoms with Crippen molar-refractivity contribution in [3.05, 3.63) is 108 Å². The van der Waals surface area contributed by atoms with Gasteiger partial charge in [0.1, 0.15) is 12.2 Å². The second kappa shape index (κ2) is 11.6. The number of hydrogen-bond acceptors (Lipinski definition) is 8. The molecule has 0 aromatic heterocycles. The van der Waals surface area contributed by atoms with Crippen LogP contribution in [0.2, 0.25) is 0 Å². The lowest BCUT2D eigenvalue weighted by molar-refractivity contribution is -0.287. The SMILES string of the molecule is O=C(O[C@H]1O[C@@H](C(=O)O)[C@@H](O)[C@H](OCc2ccccc2)[C@H]1OC(=O)c1ccccc1)c1ccccc1. The normalized spacial score (nSPS) is 23.4. The van der Waals surface area contributed by atoms with Crippen LogP contribution in [0.1, 0.15) is 26.3 Å². The Labute approximate surface area is 206 Å². The van der Waals surface area contributed by atoms with Gasteiger partial charge in [0.2, 0.25) is 6.29 Å². The Morgan fingerprint density at radius 2 is 1.22 bits per heavy atom. The maximum absolute atomic E-state index is 12.9. The van der Waals surface area contributed by atoms with Gasteiger partial charge in [-0.15, -0.1) is 0 Å². The number of aliphatic hydroxyl groups is 1. The molecule has 5 atom stereocenters.